The highest BCUT2D eigenvalue weighted by Crippen LogP contribution is 2.49. The molecule has 2 bridgehead atoms. The van der Waals surface area contributed by atoms with Crippen LogP contribution >= 0.6 is 0 Å². The van der Waals surface area contributed by atoms with Crippen molar-refractivity contribution in [3.05, 3.63) is 34.4 Å². The Bertz CT molecular complexity index is 366. The number of hydrogen-bond donors (Lipinski definition) is 1. The van der Waals surface area contributed by atoms with Crippen LogP contribution in [0.3, 0.4) is 0 Å². The molecular weight excluding hydrogens is 164 g/mol. The van der Waals surface area contributed by atoms with E-state index < -0.39 is 5.97 Å². The summed E-state index contributed by atoms with van der Waals surface area (Å²) in [5.74, 6) is -0.801. The Morgan fingerprint density at radius 2 is 1.77 bits per heavy atom. The SMILES string of the molecule is O=C(O)C1CC2=C3C=CC(=C2C1)C3. The monoisotopic (exact) mass is 174 g/mol. The molecule has 1 saturated carbocycles. The highest BCUT2D eigenvalue weighted by atomic mass is 16.4. The third kappa shape index (κ3) is 0.804. The average Bonchev–Trinajstić information content (AvgIpc) is 2.76. The van der Waals surface area contributed by atoms with Crippen LogP contribution in [-0.4, -0.2) is 11.1 Å². The van der Waals surface area contributed by atoms with Crippen LogP contribution in [0.5, 0.6) is 0 Å². The molecule has 1 N–H and O–H groups in total. The van der Waals surface area contributed by atoms with Gasteiger partial charge in [0.25, 0.3) is 0 Å². The van der Waals surface area contributed by atoms with Crippen LogP contribution in [0.15, 0.2) is 34.4 Å². The summed E-state index contributed by atoms with van der Waals surface area (Å²) in [5.41, 5.74) is 5.41. The summed E-state index contributed by atoms with van der Waals surface area (Å²) in [6.45, 7) is 0. The first-order valence-electron chi connectivity index (χ1n) is 4.61. The van der Waals surface area contributed by atoms with Gasteiger partial charge in [0, 0.05) is 0 Å². The zero-order valence-corrected chi connectivity index (χ0v) is 7.21. The second kappa shape index (κ2) is 2.13. The van der Waals surface area contributed by atoms with Gasteiger partial charge in [-0.05, 0) is 41.6 Å². The van der Waals surface area contributed by atoms with E-state index in [1.165, 1.54) is 22.3 Å². The summed E-state index contributed by atoms with van der Waals surface area (Å²) >= 11 is 0. The standard InChI is InChI=1S/C11H10O2/c12-11(13)8-4-9-6-1-2-7(3-6)10(9)5-8/h1-2,8H,3-5H2,(H,12,13). The number of allylic oxidation sites excluding steroid dienone is 6. The van der Waals surface area contributed by atoms with Crippen molar-refractivity contribution in [3.63, 3.8) is 0 Å². The van der Waals surface area contributed by atoms with Crippen LogP contribution in [0, 0.1) is 5.92 Å². The zero-order valence-electron chi connectivity index (χ0n) is 7.21. The highest BCUT2D eigenvalue weighted by Gasteiger charge is 2.36. The molecule has 0 aromatic carbocycles. The molecule has 0 heterocycles. The van der Waals surface area contributed by atoms with Gasteiger partial charge in [0.15, 0.2) is 0 Å². The quantitative estimate of drug-likeness (QED) is 0.660. The Kier molecular flexibility index (Phi) is 1.17. The van der Waals surface area contributed by atoms with Crippen LogP contribution in [0.1, 0.15) is 19.3 Å². The smallest absolute Gasteiger partial charge is 0.307 e. The van der Waals surface area contributed by atoms with Crippen LogP contribution in [-0.2, 0) is 4.79 Å². The summed E-state index contributed by atoms with van der Waals surface area (Å²) in [4.78, 5) is 10.8. The van der Waals surface area contributed by atoms with Crippen molar-refractivity contribution >= 4 is 5.97 Å². The number of carboxylic acids is 1. The maximum atomic E-state index is 10.8. The average molecular weight is 174 g/mol. The van der Waals surface area contributed by atoms with E-state index in [2.05, 4.69) is 12.2 Å². The fraction of sp³-hybridized carbons (Fsp3) is 0.364. The molecule has 0 radical (unpaired) electrons. The molecule has 2 heteroatoms. The predicted octanol–water partition coefficient (Wildman–Crippen LogP) is 2.05. The van der Waals surface area contributed by atoms with Gasteiger partial charge in [0.1, 0.15) is 0 Å². The van der Waals surface area contributed by atoms with E-state index in [1.54, 1.807) is 0 Å². The number of carbonyl (C=O) groups is 1. The Morgan fingerprint density at radius 1 is 1.23 bits per heavy atom. The fourth-order valence-corrected chi connectivity index (χ4v) is 2.57. The fourth-order valence-electron chi connectivity index (χ4n) is 2.57. The summed E-state index contributed by atoms with van der Waals surface area (Å²) < 4.78 is 0. The molecule has 0 amide bonds. The molecule has 3 aliphatic rings. The van der Waals surface area contributed by atoms with Crippen molar-refractivity contribution in [3.8, 4) is 0 Å². The van der Waals surface area contributed by atoms with Crippen LogP contribution in [0.2, 0.25) is 0 Å². The number of fused-ring (bicyclic) bond motifs is 3. The highest BCUT2D eigenvalue weighted by molar-refractivity contribution is 5.75. The lowest BCUT2D eigenvalue weighted by Crippen LogP contribution is -2.08. The van der Waals surface area contributed by atoms with E-state index in [-0.39, 0.29) is 5.92 Å². The summed E-state index contributed by atoms with van der Waals surface area (Å²) in [7, 11) is 0. The lowest BCUT2D eigenvalue weighted by atomic mass is 10.1. The normalized spacial score (nSPS) is 24.9. The van der Waals surface area contributed by atoms with Gasteiger partial charge in [-0.15, -0.1) is 0 Å². The van der Waals surface area contributed by atoms with Gasteiger partial charge in [-0.25, -0.2) is 0 Å². The molecule has 66 valence electrons. The lowest BCUT2D eigenvalue weighted by molar-refractivity contribution is -0.141. The molecular formula is C11H10O2. The van der Waals surface area contributed by atoms with Gasteiger partial charge in [0.05, 0.1) is 5.92 Å². The van der Waals surface area contributed by atoms with Crippen molar-refractivity contribution in [1.29, 1.82) is 0 Å². The van der Waals surface area contributed by atoms with E-state index >= 15 is 0 Å². The van der Waals surface area contributed by atoms with E-state index in [9.17, 15) is 4.79 Å². The number of carboxylic acid groups (broad SMARTS) is 1. The molecule has 0 aliphatic heterocycles. The van der Waals surface area contributed by atoms with E-state index in [0.29, 0.717) is 0 Å². The molecule has 3 rings (SSSR count). The van der Waals surface area contributed by atoms with Crippen molar-refractivity contribution in [1.82, 2.24) is 0 Å². The molecule has 0 spiro atoms. The van der Waals surface area contributed by atoms with Gasteiger partial charge < -0.3 is 5.11 Å². The maximum Gasteiger partial charge on any atom is 0.307 e. The lowest BCUT2D eigenvalue weighted by Gasteiger charge is -2.00. The molecule has 0 aromatic heterocycles. The second-order valence-electron chi connectivity index (χ2n) is 3.96. The molecule has 0 atom stereocenters. The van der Waals surface area contributed by atoms with Crippen LogP contribution in [0.25, 0.3) is 0 Å². The van der Waals surface area contributed by atoms with Crippen molar-refractivity contribution in [2.75, 3.05) is 0 Å². The minimum absolute atomic E-state index is 0.157. The molecule has 0 aromatic rings. The summed E-state index contributed by atoms with van der Waals surface area (Å²) in [5, 5.41) is 8.90. The van der Waals surface area contributed by atoms with Crippen LogP contribution in [0.4, 0.5) is 0 Å². The third-order valence-electron chi connectivity index (χ3n) is 3.26. The van der Waals surface area contributed by atoms with Gasteiger partial charge in [-0.3, -0.25) is 4.79 Å². The third-order valence-corrected chi connectivity index (χ3v) is 3.26. The molecule has 0 saturated heterocycles. The van der Waals surface area contributed by atoms with E-state index in [0.717, 1.165) is 19.3 Å². The van der Waals surface area contributed by atoms with Crippen LogP contribution < -0.4 is 0 Å². The molecule has 13 heavy (non-hydrogen) atoms. The minimum Gasteiger partial charge on any atom is -0.481 e. The van der Waals surface area contributed by atoms with Gasteiger partial charge in [0.2, 0.25) is 0 Å². The number of hydrogen-bond acceptors (Lipinski definition) is 1. The second-order valence-corrected chi connectivity index (χ2v) is 3.96. The van der Waals surface area contributed by atoms with Gasteiger partial charge >= 0.3 is 5.97 Å². The predicted molar refractivity (Wildman–Crippen MR) is 48.2 cm³/mol. The summed E-state index contributed by atoms with van der Waals surface area (Å²) in [6, 6.07) is 0. The number of aliphatic carboxylic acids is 1. The Balaban J connectivity index is 2.02. The first-order valence-corrected chi connectivity index (χ1v) is 4.61. The number of rotatable bonds is 1. The van der Waals surface area contributed by atoms with E-state index in [4.69, 9.17) is 5.11 Å². The van der Waals surface area contributed by atoms with E-state index in [1.807, 2.05) is 0 Å². The van der Waals surface area contributed by atoms with Crippen molar-refractivity contribution in [2.24, 2.45) is 5.92 Å². The molecule has 1 fully saturated rings. The molecule has 0 unspecified atom stereocenters. The zero-order chi connectivity index (χ0) is 9.00. The Morgan fingerprint density at radius 3 is 2.23 bits per heavy atom. The largest absolute Gasteiger partial charge is 0.481 e. The first kappa shape index (κ1) is 7.13. The molecule has 2 nitrogen and oxygen atoms in total. The summed E-state index contributed by atoms with van der Waals surface area (Å²) in [6.07, 6.45) is 6.86. The van der Waals surface area contributed by atoms with Gasteiger partial charge in [-0.1, -0.05) is 12.2 Å². The Labute approximate surface area is 76.3 Å². The van der Waals surface area contributed by atoms with Crippen molar-refractivity contribution < 1.29 is 9.90 Å². The first-order chi connectivity index (χ1) is 6.25. The van der Waals surface area contributed by atoms with Gasteiger partial charge in [-0.2, -0.15) is 0 Å². The van der Waals surface area contributed by atoms with Crippen molar-refractivity contribution in [2.45, 2.75) is 19.3 Å². The molecule has 3 aliphatic carbocycles. The topological polar surface area (TPSA) is 37.3 Å². The Hall–Kier alpha value is -1.31. The maximum absolute atomic E-state index is 10.8. The minimum atomic E-state index is -0.644.